The molecule has 2 atom stereocenters. The molecule has 0 saturated carbocycles. The predicted molar refractivity (Wildman–Crippen MR) is 55.6 cm³/mol. The Kier molecular flexibility index (Phi) is 25.3. The van der Waals surface area contributed by atoms with Crippen molar-refractivity contribution in [3.05, 3.63) is 0 Å². The molecular weight excluding hydrogens is 207 g/mol. The van der Waals surface area contributed by atoms with Crippen LogP contribution in [0.25, 0.3) is 0 Å². The van der Waals surface area contributed by atoms with E-state index in [1.54, 1.807) is 12.1 Å². The maximum absolute atomic E-state index is 9.90. The van der Waals surface area contributed by atoms with E-state index >= 15 is 0 Å². The van der Waals surface area contributed by atoms with Gasteiger partial charge >= 0.3 is 28.5 Å². The van der Waals surface area contributed by atoms with Gasteiger partial charge in [0.2, 0.25) is 0 Å². The monoisotopic (exact) mass is 224 g/mol. The fourth-order valence-corrected chi connectivity index (χ4v) is 0.257. The van der Waals surface area contributed by atoms with Crippen molar-refractivity contribution in [1.29, 1.82) is 10.5 Å². The molecule has 0 bridgehead atoms. The number of hydrogen-bond donors (Lipinski definition) is 0. The molecule has 0 aliphatic carbocycles. The van der Waals surface area contributed by atoms with Gasteiger partial charge in [-0.15, -0.1) is 12.2 Å². The van der Waals surface area contributed by atoms with Crippen LogP contribution in [-0.4, -0.2) is 28.5 Å². The van der Waals surface area contributed by atoms with E-state index in [1.165, 1.54) is 19.1 Å². The molecule has 0 aromatic carbocycles. The van der Waals surface area contributed by atoms with Crippen LogP contribution >= 0.6 is 0 Å². The zero-order valence-corrected chi connectivity index (χ0v) is 10.7. The standard InChI is InChI=1S/2C4H6NO.C2H5.Al/c2*1-4(6)2-3-5;1-2;/h2*4H,2H2,1H3;1H2,2H3;/q2*-1;;+2. The van der Waals surface area contributed by atoms with Crippen LogP contribution < -0.4 is 10.2 Å². The van der Waals surface area contributed by atoms with E-state index in [9.17, 15) is 10.2 Å². The summed E-state index contributed by atoms with van der Waals surface area (Å²) in [6, 6.07) is 3.51. The molecule has 2 unspecified atom stereocenters. The average molecular weight is 224 g/mol. The molecule has 0 rings (SSSR count). The first-order valence-corrected chi connectivity index (χ1v) is 5.53. The van der Waals surface area contributed by atoms with E-state index in [0.29, 0.717) is 0 Å². The van der Waals surface area contributed by atoms with Gasteiger partial charge in [0.15, 0.2) is 0 Å². The van der Waals surface area contributed by atoms with E-state index in [2.05, 4.69) is 23.2 Å². The molecule has 0 amide bonds. The summed E-state index contributed by atoms with van der Waals surface area (Å²) in [7, 11) is 0. The Bertz CT molecular complexity index is 163. The van der Waals surface area contributed by atoms with Crippen molar-refractivity contribution >= 4 is 16.3 Å². The Balaban J connectivity index is -0.000000153. The van der Waals surface area contributed by atoms with Crippen molar-refractivity contribution in [3.8, 4) is 12.1 Å². The molecule has 0 spiro atoms. The van der Waals surface area contributed by atoms with Crippen LogP contribution in [0, 0.1) is 22.7 Å². The molecule has 0 aliphatic heterocycles. The Morgan fingerprint density at radius 1 is 1.07 bits per heavy atom. The van der Waals surface area contributed by atoms with Gasteiger partial charge in [0, 0.05) is 12.8 Å². The minimum atomic E-state index is -0.713. The van der Waals surface area contributed by atoms with Gasteiger partial charge in [-0.3, -0.25) is 0 Å². The van der Waals surface area contributed by atoms with E-state index < -0.39 is 12.2 Å². The van der Waals surface area contributed by atoms with E-state index in [0.717, 1.165) is 0 Å². The first-order valence-electron chi connectivity index (χ1n) is 4.71. The fraction of sp³-hybridized carbons (Fsp3) is 0.800. The third-order valence-electron chi connectivity index (χ3n) is 0.757. The van der Waals surface area contributed by atoms with Gasteiger partial charge in [0.25, 0.3) is 0 Å². The third-order valence-corrected chi connectivity index (χ3v) is 0.757. The van der Waals surface area contributed by atoms with Crippen molar-refractivity contribution in [2.45, 2.75) is 51.1 Å². The first-order chi connectivity index (χ1) is 6.95. The Morgan fingerprint density at radius 2 is 1.27 bits per heavy atom. The van der Waals surface area contributed by atoms with E-state index in [-0.39, 0.29) is 12.8 Å². The molecule has 82 valence electrons. The third kappa shape index (κ3) is 59.5. The predicted octanol–water partition coefficient (Wildman–Crippen LogP) is -0.109. The molecule has 4 nitrogen and oxygen atoms in total. The summed E-state index contributed by atoms with van der Waals surface area (Å²) in [6.45, 7) is 5.04. The molecule has 0 aromatic heterocycles. The van der Waals surface area contributed by atoms with Gasteiger partial charge in [-0.2, -0.15) is 10.5 Å². The molecule has 0 aromatic rings. The number of nitriles is 2. The molecule has 0 heterocycles. The van der Waals surface area contributed by atoms with Crippen molar-refractivity contribution < 1.29 is 10.2 Å². The molecule has 0 radical (unpaired) electrons. The fourth-order valence-electron chi connectivity index (χ4n) is 0.257. The first kappa shape index (κ1) is 19.9. The molecule has 15 heavy (non-hydrogen) atoms. The van der Waals surface area contributed by atoms with E-state index in [1.807, 2.05) is 0 Å². The van der Waals surface area contributed by atoms with Crippen LogP contribution in [0.5, 0.6) is 0 Å². The summed E-state index contributed by atoms with van der Waals surface area (Å²) in [6.07, 6.45) is -1.18. The molecular formula is C10H17AlN2O2. The Morgan fingerprint density at radius 3 is 1.27 bits per heavy atom. The van der Waals surface area contributed by atoms with Gasteiger partial charge in [0.05, 0.1) is 12.1 Å². The van der Waals surface area contributed by atoms with Gasteiger partial charge < -0.3 is 10.2 Å². The second kappa shape index (κ2) is 19.1. The van der Waals surface area contributed by atoms with Crippen LogP contribution in [0.4, 0.5) is 0 Å². The van der Waals surface area contributed by atoms with Crippen LogP contribution in [-0.2, 0) is 0 Å². The van der Waals surface area contributed by atoms with Crippen LogP contribution in [0.1, 0.15) is 33.6 Å². The van der Waals surface area contributed by atoms with Crippen LogP contribution in [0.2, 0.25) is 5.28 Å². The zero-order chi connectivity index (χ0) is 12.7. The summed E-state index contributed by atoms with van der Waals surface area (Å²) < 4.78 is 0. The van der Waals surface area contributed by atoms with Crippen LogP contribution in [0.3, 0.4) is 0 Å². The summed E-state index contributed by atoms with van der Waals surface area (Å²) in [5, 5.41) is 36.5. The second-order valence-electron chi connectivity index (χ2n) is 2.75. The molecule has 0 N–H and O–H groups in total. The van der Waals surface area contributed by atoms with Crippen LogP contribution in [0.15, 0.2) is 0 Å². The maximum atomic E-state index is 9.90. The van der Waals surface area contributed by atoms with Crippen molar-refractivity contribution in [2.75, 3.05) is 0 Å². The molecule has 0 fully saturated rings. The summed E-state index contributed by atoms with van der Waals surface area (Å²) >= 11 is 2.58. The zero-order valence-electron chi connectivity index (χ0n) is 9.56. The van der Waals surface area contributed by atoms with Gasteiger partial charge in [-0.05, 0) is 0 Å². The van der Waals surface area contributed by atoms with Crippen molar-refractivity contribution in [3.63, 3.8) is 0 Å². The summed E-state index contributed by atoms with van der Waals surface area (Å²) in [5.74, 6) is 0. The average Bonchev–Trinajstić information content (AvgIpc) is 2.05. The second-order valence-corrected chi connectivity index (χ2v) is 3.57. The number of hydrogen-bond acceptors (Lipinski definition) is 4. The minimum absolute atomic E-state index is 0.125. The topological polar surface area (TPSA) is 93.7 Å². The Labute approximate surface area is 101 Å². The normalized spacial score (nSPS) is 11.5. The molecule has 5 heteroatoms. The number of rotatable bonds is 2. The molecule has 0 saturated heterocycles. The van der Waals surface area contributed by atoms with Crippen molar-refractivity contribution in [1.82, 2.24) is 0 Å². The van der Waals surface area contributed by atoms with Gasteiger partial charge in [0.1, 0.15) is 0 Å². The van der Waals surface area contributed by atoms with Gasteiger partial charge in [-0.1, -0.05) is 13.8 Å². The summed E-state index contributed by atoms with van der Waals surface area (Å²) in [5.41, 5.74) is 0. The van der Waals surface area contributed by atoms with Gasteiger partial charge in [-0.25, -0.2) is 0 Å². The molecule has 0 aliphatic rings. The SMILES string of the molecule is CC([O-])CC#N.CC([O-])CC#N.C[CH2][Al+2]. The van der Waals surface area contributed by atoms with E-state index in [4.69, 9.17) is 10.5 Å². The van der Waals surface area contributed by atoms with Crippen molar-refractivity contribution in [2.24, 2.45) is 0 Å². The summed E-state index contributed by atoms with van der Waals surface area (Å²) in [4.78, 5) is 0. The Hall–Kier alpha value is -0.568. The quantitative estimate of drug-likeness (QED) is 0.611. The number of nitrogens with zero attached hydrogens (tertiary/aromatic N) is 2.